The summed E-state index contributed by atoms with van der Waals surface area (Å²) in [5, 5.41) is 13.0. The molecule has 1 aromatic heterocycles. The molecule has 1 unspecified atom stereocenters. The number of aromatic nitrogens is 2. The summed E-state index contributed by atoms with van der Waals surface area (Å²) in [6.07, 6.45) is 2.88. The van der Waals surface area contributed by atoms with Gasteiger partial charge in [-0.2, -0.15) is 5.10 Å². The topological polar surface area (TPSA) is 78.7 Å². The van der Waals surface area contributed by atoms with Gasteiger partial charge in [-0.25, -0.2) is 9.18 Å². The lowest BCUT2D eigenvalue weighted by atomic mass is 10.2. The molecule has 2 heterocycles. The molecule has 7 nitrogen and oxygen atoms in total. The zero-order valence-electron chi connectivity index (χ0n) is 14.5. The van der Waals surface area contributed by atoms with Gasteiger partial charge in [0.15, 0.2) is 0 Å². The highest BCUT2D eigenvalue weighted by Crippen LogP contribution is 2.13. The molecule has 0 radical (unpaired) electrons. The number of amides is 1. The van der Waals surface area contributed by atoms with Crippen molar-refractivity contribution in [1.82, 2.24) is 19.6 Å². The molecule has 1 fully saturated rings. The minimum absolute atomic E-state index is 0.153. The van der Waals surface area contributed by atoms with E-state index < -0.39 is 12.0 Å². The molecule has 3 rings (SSSR count). The number of carbonyl (C=O) groups is 2. The fraction of sp³-hybridized carbons (Fsp3) is 0.389. The first-order valence-corrected chi connectivity index (χ1v) is 8.47. The zero-order chi connectivity index (χ0) is 18.7. The van der Waals surface area contributed by atoms with Gasteiger partial charge in [-0.3, -0.25) is 14.4 Å². The van der Waals surface area contributed by atoms with Crippen molar-refractivity contribution in [1.29, 1.82) is 0 Å². The molecule has 0 saturated carbocycles. The third kappa shape index (κ3) is 4.08. The van der Waals surface area contributed by atoms with E-state index in [1.54, 1.807) is 11.0 Å². The van der Waals surface area contributed by atoms with Crippen LogP contribution in [0.3, 0.4) is 0 Å². The number of rotatable bonds is 5. The number of benzene rings is 1. The average molecular weight is 360 g/mol. The van der Waals surface area contributed by atoms with Crippen LogP contribution >= 0.6 is 0 Å². The standard InChI is InChI=1S/C18H21FN4O3/c1-13(18(25)26)23-12-15(10-20-23)17(24)22-7-5-21(6-8-22)11-14-3-2-4-16(19)9-14/h2-4,9-10,12-13H,5-8,11H2,1H3,(H,25,26). The highest BCUT2D eigenvalue weighted by molar-refractivity contribution is 5.93. The lowest BCUT2D eigenvalue weighted by Crippen LogP contribution is -2.48. The van der Waals surface area contributed by atoms with Crippen LogP contribution in [-0.4, -0.2) is 62.7 Å². The number of aliphatic carboxylic acids is 1. The molecule has 1 saturated heterocycles. The van der Waals surface area contributed by atoms with Crippen LogP contribution < -0.4 is 0 Å². The molecule has 1 N–H and O–H groups in total. The number of hydrogen-bond acceptors (Lipinski definition) is 4. The molecule has 1 aliphatic rings. The van der Waals surface area contributed by atoms with E-state index in [2.05, 4.69) is 10.00 Å². The lowest BCUT2D eigenvalue weighted by Gasteiger charge is -2.34. The van der Waals surface area contributed by atoms with Gasteiger partial charge < -0.3 is 10.0 Å². The second kappa shape index (κ2) is 7.65. The number of nitrogens with zero attached hydrogens (tertiary/aromatic N) is 4. The largest absolute Gasteiger partial charge is 0.480 e. The predicted molar refractivity (Wildman–Crippen MR) is 92.2 cm³/mol. The van der Waals surface area contributed by atoms with Crippen molar-refractivity contribution < 1.29 is 19.1 Å². The van der Waals surface area contributed by atoms with Crippen molar-refractivity contribution in [3.8, 4) is 0 Å². The second-order valence-corrected chi connectivity index (χ2v) is 6.42. The van der Waals surface area contributed by atoms with Gasteiger partial charge in [0.2, 0.25) is 0 Å². The first-order valence-electron chi connectivity index (χ1n) is 8.47. The third-order valence-corrected chi connectivity index (χ3v) is 4.56. The van der Waals surface area contributed by atoms with E-state index in [-0.39, 0.29) is 11.7 Å². The van der Waals surface area contributed by atoms with Gasteiger partial charge >= 0.3 is 5.97 Å². The van der Waals surface area contributed by atoms with Gasteiger partial charge in [0, 0.05) is 38.9 Å². The van der Waals surface area contributed by atoms with E-state index >= 15 is 0 Å². The maximum absolute atomic E-state index is 13.3. The molecule has 0 aliphatic carbocycles. The van der Waals surface area contributed by atoms with E-state index in [0.29, 0.717) is 38.3 Å². The van der Waals surface area contributed by atoms with Crippen LogP contribution in [0, 0.1) is 5.82 Å². The third-order valence-electron chi connectivity index (χ3n) is 4.56. The van der Waals surface area contributed by atoms with Crippen molar-refractivity contribution >= 4 is 11.9 Å². The van der Waals surface area contributed by atoms with Crippen molar-refractivity contribution in [3.63, 3.8) is 0 Å². The Morgan fingerprint density at radius 2 is 2.00 bits per heavy atom. The van der Waals surface area contributed by atoms with Crippen LogP contribution in [0.25, 0.3) is 0 Å². The SMILES string of the molecule is CC(C(=O)O)n1cc(C(=O)N2CCN(Cc3cccc(F)c3)CC2)cn1. The first-order chi connectivity index (χ1) is 12.4. The monoisotopic (exact) mass is 360 g/mol. The summed E-state index contributed by atoms with van der Waals surface area (Å²) in [7, 11) is 0. The van der Waals surface area contributed by atoms with Crippen LogP contribution in [0.5, 0.6) is 0 Å². The van der Waals surface area contributed by atoms with Gasteiger partial charge in [-0.1, -0.05) is 12.1 Å². The Morgan fingerprint density at radius 1 is 1.27 bits per heavy atom. The molecule has 0 spiro atoms. The summed E-state index contributed by atoms with van der Waals surface area (Å²) in [6, 6.07) is 5.71. The minimum Gasteiger partial charge on any atom is -0.480 e. The molecule has 1 atom stereocenters. The maximum Gasteiger partial charge on any atom is 0.328 e. The number of carbonyl (C=O) groups excluding carboxylic acids is 1. The Bertz CT molecular complexity index is 799. The molecule has 138 valence electrons. The summed E-state index contributed by atoms with van der Waals surface area (Å²) < 4.78 is 14.5. The van der Waals surface area contributed by atoms with Gasteiger partial charge in [-0.05, 0) is 24.6 Å². The van der Waals surface area contributed by atoms with E-state index in [9.17, 15) is 14.0 Å². The second-order valence-electron chi connectivity index (χ2n) is 6.42. The van der Waals surface area contributed by atoms with Crippen LogP contribution in [0.15, 0.2) is 36.7 Å². The number of halogens is 1. The van der Waals surface area contributed by atoms with E-state index in [1.165, 1.54) is 36.1 Å². The highest BCUT2D eigenvalue weighted by Gasteiger charge is 2.24. The normalized spacial score (nSPS) is 16.5. The lowest BCUT2D eigenvalue weighted by molar-refractivity contribution is -0.140. The zero-order valence-corrected chi connectivity index (χ0v) is 14.5. The highest BCUT2D eigenvalue weighted by atomic mass is 19.1. The van der Waals surface area contributed by atoms with E-state index in [0.717, 1.165) is 5.56 Å². The fourth-order valence-electron chi connectivity index (χ4n) is 2.96. The van der Waals surface area contributed by atoms with Gasteiger partial charge in [0.05, 0.1) is 11.8 Å². The Hall–Kier alpha value is -2.74. The van der Waals surface area contributed by atoms with Crippen molar-refractivity contribution in [2.75, 3.05) is 26.2 Å². The Labute approximate surface area is 150 Å². The fourth-order valence-corrected chi connectivity index (χ4v) is 2.96. The summed E-state index contributed by atoms with van der Waals surface area (Å²) >= 11 is 0. The number of piperazine rings is 1. The minimum atomic E-state index is -1.00. The summed E-state index contributed by atoms with van der Waals surface area (Å²) in [6.45, 7) is 4.67. The Morgan fingerprint density at radius 3 is 2.65 bits per heavy atom. The summed E-state index contributed by atoms with van der Waals surface area (Å²) in [4.78, 5) is 27.5. The van der Waals surface area contributed by atoms with Crippen molar-refractivity contribution in [3.05, 3.63) is 53.6 Å². The Kier molecular flexibility index (Phi) is 5.32. The molecule has 1 aromatic carbocycles. The summed E-state index contributed by atoms with van der Waals surface area (Å²) in [5.41, 5.74) is 1.30. The molecule has 2 aromatic rings. The molecule has 0 bridgehead atoms. The van der Waals surface area contributed by atoms with Gasteiger partial charge in [-0.15, -0.1) is 0 Å². The molecule has 26 heavy (non-hydrogen) atoms. The van der Waals surface area contributed by atoms with Crippen molar-refractivity contribution in [2.45, 2.75) is 19.5 Å². The quantitative estimate of drug-likeness (QED) is 0.877. The van der Waals surface area contributed by atoms with Crippen LogP contribution in [0.2, 0.25) is 0 Å². The summed E-state index contributed by atoms with van der Waals surface area (Å²) in [5.74, 6) is -1.40. The average Bonchev–Trinajstić information content (AvgIpc) is 3.11. The van der Waals surface area contributed by atoms with E-state index in [4.69, 9.17) is 5.11 Å². The predicted octanol–water partition coefficient (Wildman–Crippen LogP) is 1.63. The van der Waals surface area contributed by atoms with Gasteiger partial charge in [0.1, 0.15) is 11.9 Å². The molecule has 1 amide bonds. The molecular formula is C18H21FN4O3. The van der Waals surface area contributed by atoms with Crippen molar-refractivity contribution in [2.24, 2.45) is 0 Å². The van der Waals surface area contributed by atoms with E-state index in [1.807, 2.05) is 6.07 Å². The smallest absolute Gasteiger partial charge is 0.328 e. The number of carboxylic acid groups (broad SMARTS) is 1. The number of carboxylic acids is 1. The maximum atomic E-state index is 13.3. The van der Waals surface area contributed by atoms with Crippen LogP contribution in [0.1, 0.15) is 28.9 Å². The van der Waals surface area contributed by atoms with Crippen LogP contribution in [-0.2, 0) is 11.3 Å². The molecular weight excluding hydrogens is 339 g/mol. The van der Waals surface area contributed by atoms with Gasteiger partial charge in [0.25, 0.3) is 5.91 Å². The molecule has 1 aliphatic heterocycles. The van der Waals surface area contributed by atoms with Crippen LogP contribution in [0.4, 0.5) is 4.39 Å². The Balaban J connectivity index is 1.56. The first kappa shape index (κ1) is 18.1. The number of hydrogen-bond donors (Lipinski definition) is 1. The molecule has 8 heteroatoms.